The van der Waals surface area contributed by atoms with Gasteiger partial charge in [-0.15, -0.1) is 0 Å². The summed E-state index contributed by atoms with van der Waals surface area (Å²) in [7, 11) is 0. The third kappa shape index (κ3) is 4.73. The zero-order chi connectivity index (χ0) is 23.5. The molecule has 1 fully saturated rings. The lowest BCUT2D eigenvalue weighted by molar-refractivity contribution is -0.134. The van der Waals surface area contributed by atoms with E-state index in [1.165, 1.54) is 0 Å². The summed E-state index contributed by atoms with van der Waals surface area (Å²) in [6.07, 6.45) is 2.33. The van der Waals surface area contributed by atoms with Crippen LogP contribution in [0.25, 0.3) is 11.3 Å². The maximum absolute atomic E-state index is 13.1. The molecule has 1 saturated heterocycles. The number of anilines is 1. The lowest BCUT2D eigenvalue weighted by atomic mass is 10.1. The van der Waals surface area contributed by atoms with Crippen molar-refractivity contribution in [3.8, 4) is 17.3 Å². The van der Waals surface area contributed by atoms with Crippen molar-refractivity contribution in [1.29, 1.82) is 5.26 Å². The first-order valence-corrected chi connectivity index (χ1v) is 11.0. The molecule has 1 atom stereocenters. The summed E-state index contributed by atoms with van der Waals surface area (Å²) in [5.74, 6) is -0.00275. The first-order chi connectivity index (χ1) is 15.9. The lowest BCUT2D eigenvalue weighted by Gasteiger charge is -2.41. The molecule has 0 radical (unpaired) electrons. The van der Waals surface area contributed by atoms with Crippen molar-refractivity contribution in [3.63, 3.8) is 0 Å². The summed E-state index contributed by atoms with van der Waals surface area (Å²) >= 11 is 6.05. The third-order valence-electron chi connectivity index (χ3n) is 5.86. The van der Waals surface area contributed by atoms with Gasteiger partial charge in [-0.2, -0.15) is 10.4 Å². The number of piperazine rings is 1. The molecule has 1 aliphatic rings. The van der Waals surface area contributed by atoms with E-state index in [1.54, 1.807) is 35.1 Å². The van der Waals surface area contributed by atoms with Crippen molar-refractivity contribution in [1.82, 2.24) is 19.7 Å². The van der Waals surface area contributed by atoms with Gasteiger partial charge in [-0.3, -0.25) is 14.3 Å². The first-order valence-electron chi connectivity index (χ1n) is 10.6. The number of rotatable bonds is 5. The van der Waals surface area contributed by atoms with Gasteiger partial charge in [0.15, 0.2) is 6.29 Å². The summed E-state index contributed by atoms with van der Waals surface area (Å²) in [6, 6.07) is 12.8. The normalized spacial score (nSPS) is 15.9. The van der Waals surface area contributed by atoms with Crippen LogP contribution in [0.1, 0.15) is 28.7 Å². The SMILES string of the molecule is Cc1cc(-c2ccnc(C#N)c2)nn1CC(=O)N1CCN(c2ccc(Cl)c(C=O)c2)C[C@@H]1C. The number of halogens is 1. The Bertz CT molecular complexity index is 1250. The highest BCUT2D eigenvalue weighted by atomic mass is 35.5. The van der Waals surface area contributed by atoms with Gasteiger partial charge in [-0.1, -0.05) is 11.6 Å². The minimum atomic E-state index is -0.00432. The molecular weight excluding hydrogens is 440 g/mol. The van der Waals surface area contributed by atoms with E-state index in [1.807, 2.05) is 36.9 Å². The predicted molar refractivity (Wildman–Crippen MR) is 125 cm³/mol. The number of aryl methyl sites for hydroxylation is 1. The highest BCUT2D eigenvalue weighted by Gasteiger charge is 2.28. The van der Waals surface area contributed by atoms with Crippen LogP contribution in [-0.2, 0) is 11.3 Å². The summed E-state index contributed by atoms with van der Waals surface area (Å²) < 4.78 is 1.69. The van der Waals surface area contributed by atoms with Gasteiger partial charge in [0.25, 0.3) is 0 Å². The van der Waals surface area contributed by atoms with Gasteiger partial charge < -0.3 is 9.80 Å². The molecule has 8 nitrogen and oxygen atoms in total. The minimum Gasteiger partial charge on any atom is -0.368 e. The van der Waals surface area contributed by atoms with Crippen molar-refractivity contribution in [2.75, 3.05) is 24.5 Å². The zero-order valence-corrected chi connectivity index (χ0v) is 19.2. The third-order valence-corrected chi connectivity index (χ3v) is 6.20. The van der Waals surface area contributed by atoms with Crippen molar-refractivity contribution < 1.29 is 9.59 Å². The van der Waals surface area contributed by atoms with Crippen molar-refractivity contribution >= 4 is 29.5 Å². The van der Waals surface area contributed by atoms with Crippen molar-refractivity contribution in [2.45, 2.75) is 26.4 Å². The van der Waals surface area contributed by atoms with Crippen LogP contribution in [0.3, 0.4) is 0 Å². The number of carbonyl (C=O) groups is 2. The van der Waals surface area contributed by atoms with Gasteiger partial charge in [0, 0.05) is 54.4 Å². The maximum Gasteiger partial charge on any atom is 0.244 e. The van der Waals surface area contributed by atoms with Crippen molar-refractivity contribution in [2.24, 2.45) is 0 Å². The highest BCUT2D eigenvalue weighted by molar-refractivity contribution is 6.33. The summed E-state index contributed by atoms with van der Waals surface area (Å²) in [4.78, 5) is 32.3. The van der Waals surface area contributed by atoms with Gasteiger partial charge in [0.1, 0.15) is 18.3 Å². The van der Waals surface area contributed by atoms with Gasteiger partial charge in [-0.25, -0.2) is 4.98 Å². The largest absolute Gasteiger partial charge is 0.368 e. The van der Waals surface area contributed by atoms with E-state index >= 15 is 0 Å². The zero-order valence-electron chi connectivity index (χ0n) is 18.4. The van der Waals surface area contributed by atoms with Crippen LogP contribution < -0.4 is 4.90 Å². The quantitative estimate of drug-likeness (QED) is 0.540. The minimum absolute atomic E-state index is 0.00275. The van der Waals surface area contributed by atoms with E-state index in [9.17, 15) is 9.59 Å². The van der Waals surface area contributed by atoms with Gasteiger partial charge >= 0.3 is 0 Å². The van der Waals surface area contributed by atoms with Crippen molar-refractivity contribution in [3.05, 3.63) is 64.6 Å². The summed E-state index contributed by atoms with van der Waals surface area (Å²) in [5, 5.41) is 14.1. The summed E-state index contributed by atoms with van der Waals surface area (Å²) in [6.45, 7) is 5.95. The number of carbonyl (C=O) groups excluding carboxylic acids is 2. The molecular formula is C24H23ClN6O2. The Labute approximate surface area is 197 Å². The molecule has 0 bridgehead atoms. The number of hydrogen-bond acceptors (Lipinski definition) is 6. The molecule has 2 aromatic heterocycles. The van der Waals surface area contributed by atoms with E-state index in [0.29, 0.717) is 41.6 Å². The van der Waals surface area contributed by atoms with Crippen LogP contribution in [0.5, 0.6) is 0 Å². The second-order valence-corrected chi connectivity index (χ2v) is 8.48. The Hall–Kier alpha value is -3.70. The fourth-order valence-corrected chi connectivity index (χ4v) is 4.22. The Morgan fingerprint density at radius 3 is 2.82 bits per heavy atom. The first kappa shape index (κ1) is 22.5. The molecule has 0 saturated carbocycles. The number of hydrogen-bond donors (Lipinski definition) is 0. The van der Waals surface area contributed by atoms with Crippen LogP contribution in [0.15, 0.2) is 42.6 Å². The maximum atomic E-state index is 13.1. The number of amides is 1. The second-order valence-electron chi connectivity index (χ2n) is 8.08. The Morgan fingerprint density at radius 1 is 1.27 bits per heavy atom. The molecule has 3 heterocycles. The molecule has 0 aliphatic carbocycles. The van der Waals surface area contributed by atoms with Crippen LogP contribution in [-0.4, -0.2) is 57.5 Å². The lowest BCUT2D eigenvalue weighted by Crippen LogP contribution is -2.54. The molecule has 3 aromatic rings. The molecule has 1 aromatic carbocycles. The molecule has 9 heteroatoms. The fraction of sp³-hybridized carbons (Fsp3) is 0.292. The molecule has 4 rings (SSSR count). The van der Waals surface area contributed by atoms with Crippen LogP contribution in [0.2, 0.25) is 5.02 Å². The van der Waals surface area contributed by atoms with Gasteiger partial charge in [0.05, 0.1) is 10.7 Å². The second kappa shape index (κ2) is 9.43. The molecule has 0 N–H and O–H groups in total. The van der Waals surface area contributed by atoms with E-state index in [0.717, 1.165) is 23.2 Å². The summed E-state index contributed by atoms with van der Waals surface area (Å²) in [5.41, 5.74) is 4.05. The number of nitrogens with zero attached hydrogens (tertiary/aromatic N) is 6. The molecule has 168 valence electrons. The Morgan fingerprint density at radius 2 is 2.09 bits per heavy atom. The van der Waals surface area contributed by atoms with Crippen LogP contribution >= 0.6 is 11.6 Å². The smallest absolute Gasteiger partial charge is 0.244 e. The topological polar surface area (TPSA) is 95.1 Å². The average Bonchev–Trinajstić information content (AvgIpc) is 3.19. The monoisotopic (exact) mass is 462 g/mol. The predicted octanol–water partition coefficient (Wildman–Crippen LogP) is 3.33. The van der Waals surface area contributed by atoms with E-state index in [4.69, 9.17) is 16.9 Å². The number of aromatic nitrogens is 3. The number of aldehydes is 1. The molecule has 1 amide bonds. The van der Waals surface area contributed by atoms with Crippen LogP contribution in [0.4, 0.5) is 5.69 Å². The number of nitriles is 1. The standard InChI is InChI=1S/C24H23ClN6O2/c1-16-9-23(18-5-6-27-20(10-18)12-26)28-31(16)14-24(33)30-8-7-29(13-17(30)2)21-3-4-22(25)19(11-21)15-32/h3-6,9-11,15,17H,7-8,13-14H2,1-2H3/t17-/m0/s1. The highest BCUT2D eigenvalue weighted by Crippen LogP contribution is 2.25. The molecule has 0 unspecified atom stereocenters. The fourth-order valence-electron chi connectivity index (χ4n) is 4.06. The number of pyridine rings is 1. The van der Waals surface area contributed by atoms with E-state index in [-0.39, 0.29) is 18.5 Å². The van der Waals surface area contributed by atoms with Gasteiger partial charge in [0.2, 0.25) is 5.91 Å². The van der Waals surface area contributed by atoms with E-state index < -0.39 is 0 Å². The molecule has 1 aliphatic heterocycles. The Balaban J connectivity index is 1.44. The average molecular weight is 463 g/mol. The van der Waals surface area contributed by atoms with E-state index in [2.05, 4.69) is 15.0 Å². The number of benzene rings is 1. The molecule has 33 heavy (non-hydrogen) atoms. The molecule has 0 spiro atoms. The Kier molecular flexibility index (Phi) is 6.43. The van der Waals surface area contributed by atoms with Gasteiger partial charge in [-0.05, 0) is 50.2 Å². The van der Waals surface area contributed by atoms with Crippen LogP contribution in [0, 0.1) is 18.3 Å².